The quantitative estimate of drug-likeness (QED) is 0.915. The van der Waals surface area contributed by atoms with E-state index in [1.54, 1.807) is 0 Å². The van der Waals surface area contributed by atoms with Crippen LogP contribution in [-0.2, 0) is 0 Å². The largest absolute Gasteiger partial charge is 0.352 e. The molecule has 2 unspecified atom stereocenters. The maximum Gasteiger partial charge on any atom is 0.129 e. The SMILES string of the molecule is c1ccc2nc(N3CCCCC3C3CCCN3)ccc2c1. The van der Waals surface area contributed by atoms with Crippen LogP contribution in [0.4, 0.5) is 5.82 Å². The lowest BCUT2D eigenvalue weighted by Gasteiger charge is -2.40. The van der Waals surface area contributed by atoms with Gasteiger partial charge < -0.3 is 10.2 Å². The predicted molar refractivity (Wildman–Crippen MR) is 87.8 cm³/mol. The first kappa shape index (κ1) is 13.1. The van der Waals surface area contributed by atoms with Gasteiger partial charge in [0, 0.05) is 24.0 Å². The molecule has 3 heteroatoms. The van der Waals surface area contributed by atoms with Crippen LogP contribution in [0.2, 0.25) is 0 Å². The molecule has 0 aliphatic carbocycles. The molecule has 0 radical (unpaired) electrons. The monoisotopic (exact) mass is 281 g/mol. The molecule has 21 heavy (non-hydrogen) atoms. The highest BCUT2D eigenvalue weighted by molar-refractivity contribution is 5.80. The number of anilines is 1. The maximum absolute atomic E-state index is 4.92. The molecule has 2 saturated heterocycles. The number of hydrogen-bond donors (Lipinski definition) is 1. The zero-order chi connectivity index (χ0) is 14.1. The molecule has 0 bridgehead atoms. The Morgan fingerprint density at radius 3 is 2.86 bits per heavy atom. The number of nitrogens with zero attached hydrogens (tertiary/aromatic N) is 2. The highest BCUT2D eigenvalue weighted by atomic mass is 15.2. The first-order chi connectivity index (χ1) is 10.4. The van der Waals surface area contributed by atoms with Crippen molar-refractivity contribution >= 4 is 16.7 Å². The third-order valence-electron chi connectivity index (χ3n) is 4.99. The van der Waals surface area contributed by atoms with Crippen molar-refractivity contribution in [1.82, 2.24) is 10.3 Å². The lowest BCUT2D eigenvalue weighted by Crippen LogP contribution is -2.50. The number of rotatable bonds is 2. The van der Waals surface area contributed by atoms with Gasteiger partial charge in [-0.15, -0.1) is 0 Å². The minimum Gasteiger partial charge on any atom is -0.352 e. The van der Waals surface area contributed by atoms with E-state index in [1.165, 1.54) is 44.0 Å². The van der Waals surface area contributed by atoms with Crippen molar-refractivity contribution in [1.29, 1.82) is 0 Å². The molecule has 1 N–H and O–H groups in total. The average Bonchev–Trinajstić information content (AvgIpc) is 3.09. The molecule has 2 aliphatic rings. The highest BCUT2D eigenvalue weighted by Crippen LogP contribution is 2.29. The number of aromatic nitrogens is 1. The summed E-state index contributed by atoms with van der Waals surface area (Å²) in [7, 11) is 0. The van der Waals surface area contributed by atoms with Crippen LogP contribution in [0.5, 0.6) is 0 Å². The Labute approximate surface area is 126 Å². The summed E-state index contributed by atoms with van der Waals surface area (Å²) in [6.45, 7) is 2.33. The molecule has 110 valence electrons. The zero-order valence-electron chi connectivity index (χ0n) is 12.5. The van der Waals surface area contributed by atoms with Crippen molar-refractivity contribution < 1.29 is 0 Å². The molecule has 0 saturated carbocycles. The van der Waals surface area contributed by atoms with Gasteiger partial charge in [0.2, 0.25) is 0 Å². The second-order valence-electron chi connectivity index (χ2n) is 6.32. The minimum absolute atomic E-state index is 0.620. The van der Waals surface area contributed by atoms with Gasteiger partial charge in [-0.1, -0.05) is 18.2 Å². The summed E-state index contributed by atoms with van der Waals surface area (Å²) in [6.07, 6.45) is 6.58. The lowest BCUT2D eigenvalue weighted by atomic mass is 9.94. The van der Waals surface area contributed by atoms with Crippen LogP contribution in [0.3, 0.4) is 0 Å². The molecule has 0 spiro atoms. The third-order valence-corrected chi connectivity index (χ3v) is 4.99. The Kier molecular flexibility index (Phi) is 3.52. The van der Waals surface area contributed by atoms with E-state index in [4.69, 9.17) is 4.98 Å². The number of piperidine rings is 1. The number of para-hydroxylation sites is 1. The van der Waals surface area contributed by atoms with Gasteiger partial charge in [0.15, 0.2) is 0 Å². The minimum atomic E-state index is 0.620. The van der Waals surface area contributed by atoms with E-state index in [9.17, 15) is 0 Å². The van der Waals surface area contributed by atoms with E-state index in [-0.39, 0.29) is 0 Å². The third kappa shape index (κ3) is 2.51. The van der Waals surface area contributed by atoms with Gasteiger partial charge in [0.1, 0.15) is 5.82 Å². The van der Waals surface area contributed by atoms with Gasteiger partial charge in [-0.25, -0.2) is 4.98 Å². The van der Waals surface area contributed by atoms with Crippen molar-refractivity contribution in [3.05, 3.63) is 36.4 Å². The van der Waals surface area contributed by atoms with E-state index in [0.29, 0.717) is 12.1 Å². The molecule has 2 atom stereocenters. The summed E-state index contributed by atoms with van der Waals surface area (Å²) < 4.78 is 0. The van der Waals surface area contributed by atoms with Gasteiger partial charge >= 0.3 is 0 Å². The van der Waals surface area contributed by atoms with Crippen LogP contribution < -0.4 is 10.2 Å². The Morgan fingerprint density at radius 1 is 1.00 bits per heavy atom. The van der Waals surface area contributed by atoms with Gasteiger partial charge in [-0.05, 0) is 56.8 Å². The van der Waals surface area contributed by atoms with Crippen molar-refractivity contribution in [2.75, 3.05) is 18.0 Å². The molecule has 1 aromatic heterocycles. The van der Waals surface area contributed by atoms with E-state index in [2.05, 4.69) is 46.6 Å². The Bertz CT molecular complexity index is 619. The fourth-order valence-electron chi connectivity index (χ4n) is 3.92. The summed E-state index contributed by atoms with van der Waals surface area (Å²) in [6, 6.07) is 14.1. The van der Waals surface area contributed by atoms with E-state index in [1.807, 2.05) is 0 Å². The van der Waals surface area contributed by atoms with Crippen LogP contribution in [0.25, 0.3) is 10.9 Å². The van der Waals surface area contributed by atoms with Crippen LogP contribution in [0, 0.1) is 0 Å². The molecule has 1 aromatic carbocycles. The van der Waals surface area contributed by atoms with Crippen LogP contribution in [0.15, 0.2) is 36.4 Å². The molecule has 0 amide bonds. The number of pyridine rings is 1. The Hall–Kier alpha value is -1.61. The fourth-order valence-corrected chi connectivity index (χ4v) is 3.92. The molecule has 2 aliphatic heterocycles. The van der Waals surface area contributed by atoms with E-state index in [0.717, 1.165) is 17.9 Å². The average molecular weight is 281 g/mol. The number of nitrogens with one attached hydrogen (secondary N) is 1. The van der Waals surface area contributed by atoms with Gasteiger partial charge in [0.05, 0.1) is 5.52 Å². The zero-order valence-corrected chi connectivity index (χ0v) is 12.5. The van der Waals surface area contributed by atoms with Crippen LogP contribution >= 0.6 is 0 Å². The number of fused-ring (bicyclic) bond motifs is 1. The molecule has 2 fully saturated rings. The molecular formula is C18H23N3. The molecule has 3 nitrogen and oxygen atoms in total. The summed E-state index contributed by atoms with van der Waals surface area (Å²) in [5.74, 6) is 1.16. The van der Waals surface area contributed by atoms with Crippen LogP contribution in [0.1, 0.15) is 32.1 Å². The maximum atomic E-state index is 4.92. The second-order valence-corrected chi connectivity index (χ2v) is 6.32. The van der Waals surface area contributed by atoms with Crippen molar-refractivity contribution in [2.45, 2.75) is 44.2 Å². The van der Waals surface area contributed by atoms with E-state index < -0.39 is 0 Å². The summed E-state index contributed by atoms with van der Waals surface area (Å²) in [4.78, 5) is 7.47. The topological polar surface area (TPSA) is 28.2 Å². The highest BCUT2D eigenvalue weighted by Gasteiger charge is 2.32. The fraction of sp³-hybridized carbons (Fsp3) is 0.500. The smallest absolute Gasteiger partial charge is 0.129 e. The molecule has 4 rings (SSSR count). The first-order valence-electron chi connectivity index (χ1n) is 8.28. The molecule has 2 aromatic rings. The molecule has 3 heterocycles. The standard InChI is InChI=1S/C18H23N3/c1-2-7-15-14(6-1)10-11-18(20-15)21-13-4-3-9-17(21)16-8-5-12-19-16/h1-2,6-7,10-11,16-17,19H,3-5,8-9,12-13H2. The van der Waals surface area contributed by atoms with Crippen molar-refractivity contribution in [3.63, 3.8) is 0 Å². The summed E-state index contributed by atoms with van der Waals surface area (Å²) in [5.41, 5.74) is 1.11. The Morgan fingerprint density at radius 2 is 1.95 bits per heavy atom. The molecular weight excluding hydrogens is 258 g/mol. The van der Waals surface area contributed by atoms with Crippen molar-refractivity contribution in [3.8, 4) is 0 Å². The van der Waals surface area contributed by atoms with Crippen molar-refractivity contribution in [2.24, 2.45) is 0 Å². The van der Waals surface area contributed by atoms with E-state index >= 15 is 0 Å². The normalized spacial score (nSPS) is 26.4. The van der Waals surface area contributed by atoms with Gasteiger partial charge in [-0.2, -0.15) is 0 Å². The number of hydrogen-bond acceptors (Lipinski definition) is 3. The number of benzene rings is 1. The summed E-state index contributed by atoms with van der Waals surface area (Å²) in [5, 5.41) is 4.92. The van der Waals surface area contributed by atoms with Gasteiger partial charge in [0.25, 0.3) is 0 Å². The van der Waals surface area contributed by atoms with Gasteiger partial charge in [-0.3, -0.25) is 0 Å². The lowest BCUT2D eigenvalue weighted by molar-refractivity contribution is 0.376. The Balaban J connectivity index is 1.67. The first-order valence-corrected chi connectivity index (χ1v) is 8.28. The summed E-state index contributed by atoms with van der Waals surface area (Å²) >= 11 is 0. The predicted octanol–water partition coefficient (Wildman–Crippen LogP) is 3.35. The second kappa shape index (κ2) is 5.64. The van der Waals surface area contributed by atoms with Crippen LogP contribution in [-0.4, -0.2) is 30.2 Å².